The molecular formula is C14H19N7O. The van der Waals surface area contributed by atoms with Crippen molar-refractivity contribution in [3.05, 3.63) is 30.4 Å². The lowest BCUT2D eigenvalue weighted by molar-refractivity contribution is -0.117. The third-order valence-electron chi connectivity index (χ3n) is 3.70. The molecule has 3 heterocycles. The van der Waals surface area contributed by atoms with Gasteiger partial charge < -0.3 is 10.2 Å². The molecule has 1 atom stereocenters. The largest absolute Gasteiger partial charge is 0.367 e. The first kappa shape index (κ1) is 14.3. The van der Waals surface area contributed by atoms with Crippen molar-refractivity contribution in [3.63, 3.8) is 0 Å². The van der Waals surface area contributed by atoms with Crippen LogP contribution in [0.1, 0.15) is 13.3 Å². The van der Waals surface area contributed by atoms with Gasteiger partial charge in [0.2, 0.25) is 5.91 Å². The van der Waals surface area contributed by atoms with Crippen molar-refractivity contribution < 1.29 is 4.79 Å². The first-order valence-corrected chi connectivity index (χ1v) is 7.20. The molecule has 2 aromatic rings. The van der Waals surface area contributed by atoms with Crippen LogP contribution in [-0.2, 0) is 11.8 Å². The van der Waals surface area contributed by atoms with Crippen LogP contribution < -0.4 is 10.2 Å². The zero-order valence-corrected chi connectivity index (χ0v) is 12.7. The van der Waals surface area contributed by atoms with E-state index in [9.17, 15) is 4.79 Å². The summed E-state index contributed by atoms with van der Waals surface area (Å²) in [6.07, 6.45) is 9.69. The number of aryl methyl sites for hydroxylation is 1. The van der Waals surface area contributed by atoms with Gasteiger partial charge in [0.25, 0.3) is 0 Å². The predicted molar refractivity (Wildman–Crippen MR) is 81.9 cm³/mol. The maximum Gasteiger partial charge on any atom is 0.248 e. The predicted octanol–water partition coefficient (Wildman–Crippen LogP) is 0.267. The number of carbonyl (C=O) groups excluding carboxylic acids is 1. The number of nitrogens with zero attached hydrogens (tertiary/aromatic N) is 6. The molecule has 8 nitrogen and oxygen atoms in total. The highest BCUT2D eigenvalue weighted by molar-refractivity contribution is 5.95. The molecule has 2 aromatic heterocycles. The molecule has 0 radical (unpaired) electrons. The van der Waals surface area contributed by atoms with E-state index in [0.717, 1.165) is 25.2 Å². The SMILES string of the molecule is C/C(=C\n1ccnn1)C(=O)NC1CCN(c2cnn(C)c2)C1. The van der Waals surface area contributed by atoms with Gasteiger partial charge >= 0.3 is 0 Å². The molecule has 3 rings (SSSR count). The first-order valence-electron chi connectivity index (χ1n) is 7.20. The van der Waals surface area contributed by atoms with Crippen molar-refractivity contribution in [2.75, 3.05) is 18.0 Å². The minimum atomic E-state index is -0.0754. The Labute approximate surface area is 128 Å². The van der Waals surface area contributed by atoms with Crippen LogP contribution in [-0.4, -0.2) is 49.8 Å². The van der Waals surface area contributed by atoms with Gasteiger partial charge in [-0.15, -0.1) is 5.10 Å². The van der Waals surface area contributed by atoms with Gasteiger partial charge in [-0.3, -0.25) is 9.48 Å². The number of aromatic nitrogens is 5. The fourth-order valence-corrected chi connectivity index (χ4v) is 2.53. The van der Waals surface area contributed by atoms with E-state index < -0.39 is 0 Å². The molecule has 116 valence electrons. The van der Waals surface area contributed by atoms with E-state index in [0.29, 0.717) is 5.57 Å². The monoisotopic (exact) mass is 301 g/mol. The molecule has 8 heteroatoms. The number of anilines is 1. The Morgan fingerprint density at radius 2 is 2.36 bits per heavy atom. The van der Waals surface area contributed by atoms with E-state index in [1.54, 1.807) is 30.2 Å². The van der Waals surface area contributed by atoms with Crippen molar-refractivity contribution in [2.45, 2.75) is 19.4 Å². The number of hydrogen-bond donors (Lipinski definition) is 1. The highest BCUT2D eigenvalue weighted by Gasteiger charge is 2.25. The summed E-state index contributed by atoms with van der Waals surface area (Å²) in [5, 5.41) is 14.8. The average molecular weight is 301 g/mol. The second-order valence-corrected chi connectivity index (χ2v) is 5.47. The van der Waals surface area contributed by atoms with E-state index in [-0.39, 0.29) is 11.9 Å². The highest BCUT2D eigenvalue weighted by atomic mass is 16.1. The third kappa shape index (κ3) is 3.16. The smallest absolute Gasteiger partial charge is 0.248 e. The summed E-state index contributed by atoms with van der Waals surface area (Å²) in [6.45, 7) is 3.49. The van der Waals surface area contributed by atoms with Gasteiger partial charge in [-0.05, 0) is 13.3 Å². The molecule has 1 aliphatic rings. The van der Waals surface area contributed by atoms with Gasteiger partial charge in [-0.2, -0.15) is 5.10 Å². The second-order valence-electron chi connectivity index (χ2n) is 5.47. The van der Waals surface area contributed by atoms with Gasteiger partial charge in [-0.1, -0.05) is 5.21 Å². The normalized spacial score (nSPS) is 18.7. The lowest BCUT2D eigenvalue weighted by Gasteiger charge is -2.17. The van der Waals surface area contributed by atoms with Crippen LogP contribution >= 0.6 is 0 Å². The quantitative estimate of drug-likeness (QED) is 0.820. The molecule has 0 aromatic carbocycles. The Balaban J connectivity index is 1.57. The summed E-state index contributed by atoms with van der Waals surface area (Å²) in [6, 6.07) is 0.145. The zero-order chi connectivity index (χ0) is 15.5. The summed E-state index contributed by atoms with van der Waals surface area (Å²) in [7, 11) is 1.90. The van der Waals surface area contributed by atoms with E-state index in [1.165, 1.54) is 4.68 Å². The van der Waals surface area contributed by atoms with E-state index in [1.807, 2.05) is 19.4 Å². The van der Waals surface area contributed by atoms with Crippen LogP contribution in [0.3, 0.4) is 0 Å². The Bertz CT molecular complexity index is 673. The highest BCUT2D eigenvalue weighted by Crippen LogP contribution is 2.19. The van der Waals surface area contributed by atoms with Gasteiger partial charge in [0, 0.05) is 44.1 Å². The molecule has 1 saturated heterocycles. The lowest BCUT2D eigenvalue weighted by atomic mass is 10.2. The van der Waals surface area contributed by atoms with Crippen LogP contribution in [0, 0.1) is 0 Å². The van der Waals surface area contributed by atoms with Gasteiger partial charge in [0.15, 0.2) is 0 Å². The third-order valence-corrected chi connectivity index (χ3v) is 3.70. The Kier molecular flexibility index (Phi) is 3.90. The molecule has 22 heavy (non-hydrogen) atoms. The first-order chi connectivity index (χ1) is 10.6. The maximum absolute atomic E-state index is 12.2. The summed E-state index contributed by atoms with van der Waals surface area (Å²) >= 11 is 0. The van der Waals surface area contributed by atoms with Gasteiger partial charge in [0.05, 0.1) is 24.3 Å². The van der Waals surface area contributed by atoms with Crippen LogP contribution in [0.4, 0.5) is 5.69 Å². The molecule has 1 N–H and O–H groups in total. The molecule has 1 amide bonds. The molecule has 0 spiro atoms. The average Bonchev–Trinajstić information content (AvgIpc) is 3.20. The van der Waals surface area contributed by atoms with Crippen molar-refractivity contribution in [2.24, 2.45) is 7.05 Å². The Morgan fingerprint density at radius 3 is 3.05 bits per heavy atom. The van der Waals surface area contributed by atoms with Crippen LogP contribution in [0.15, 0.2) is 30.4 Å². The van der Waals surface area contributed by atoms with Crippen LogP contribution in [0.25, 0.3) is 6.20 Å². The molecule has 1 fully saturated rings. The maximum atomic E-state index is 12.2. The Morgan fingerprint density at radius 1 is 1.50 bits per heavy atom. The van der Waals surface area contributed by atoms with E-state index >= 15 is 0 Å². The molecule has 1 aliphatic heterocycles. The summed E-state index contributed by atoms with van der Waals surface area (Å²) < 4.78 is 3.30. The van der Waals surface area contributed by atoms with Crippen molar-refractivity contribution in [3.8, 4) is 0 Å². The van der Waals surface area contributed by atoms with Crippen LogP contribution in [0.2, 0.25) is 0 Å². The number of amides is 1. The summed E-state index contributed by atoms with van der Waals surface area (Å²) in [5.41, 5.74) is 1.69. The number of rotatable bonds is 4. The number of nitrogens with one attached hydrogen (secondary N) is 1. The fraction of sp³-hybridized carbons (Fsp3) is 0.429. The standard InChI is InChI=1S/C14H19N7O/c1-11(8-21-6-4-15-18-21)14(22)17-12-3-5-20(9-12)13-7-16-19(2)10-13/h4,6-8,10,12H,3,5,9H2,1-2H3,(H,17,22)/b11-8+. The summed E-state index contributed by atoms with van der Waals surface area (Å²) in [5.74, 6) is -0.0754. The van der Waals surface area contributed by atoms with Crippen molar-refractivity contribution in [1.29, 1.82) is 0 Å². The topological polar surface area (TPSA) is 80.9 Å². The van der Waals surface area contributed by atoms with Crippen molar-refractivity contribution in [1.82, 2.24) is 30.1 Å². The van der Waals surface area contributed by atoms with Gasteiger partial charge in [-0.25, -0.2) is 4.68 Å². The lowest BCUT2D eigenvalue weighted by Crippen LogP contribution is -2.37. The second kappa shape index (κ2) is 6.00. The van der Waals surface area contributed by atoms with Crippen LogP contribution in [0.5, 0.6) is 0 Å². The zero-order valence-electron chi connectivity index (χ0n) is 12.7. The van der Waals surface area contributed by atoms with Crippen molar-refractivity contribution >= 4 is 17.8 Å². The molecule has 0 bridgehead atoms. The Hall–Kier alpha value is -2.64. The molecule has 0 aliphatic carbocycles. The minimum absolute atomic E-state index is 0.0754. The summed E-state index contributed by atoms with van der Waals surface area (Å²) in [4.78, 5) is 14.4. The van der Waals surface area contributed by atoms with Gasteiger partial charge in [0.1, 0.15) is 0 Å². The molecule has 1 unspecified atom stereocenters. The molecule has 0 saturated carbocycles. The minimum Gasteiger partial charge on any atom is -0.367 e. The number of carbonyl (C=O) groups is 1. The molecular weight excluding hydrogens is 282 g/mol. The van der Waals surface area contributed by atoms with E-state index in [2.05, 4.69) is 25.6 Å². The number of hydrogen-bond acceptors (Lipinski definition) is 5. The fourth-order valence-electron chi connectivity index (χ4n) is 2.53. The van der Waals surface area contributed by atoms with E-state index in [4.69, 9.17) is 0 Å².